The van der Waals surface area contributed by atoms with E-state index in [0.29, 0.717) is 16.7 Å². The Morgan fingerprint density at radius 1 is 0.960 bits per heavy atom. The van der Waals surface area contributed by atoms with Crippen LogP contribution in [-0.2, 0) is 0 Å². The van der Waals surface area contributed by atoms with Crippen LogP contribution in [0.2, 0.25) is 5.02 Å². The molecule has 0 aliphatic rings. The highest BCUT2D eigenvalue weighted by atomic mass is 35.5. The lowest BCUT2D eigenvalue weighted by atomic mass is 10.2. The fourth-order valence-electron chi connectivity index (χ4n) is 2.29. The molecule has 126 valence electrons. The molecule has 0 radical (unpaired) electrons. The molecule has 2 aromatic carbocycles. The molecule has 1 heterocycles. The number of carbonyl (C=O) groups excluding carboxylic acids is 1. The molecule has 0 unspecified atom stereocenters. The van der Waals surface area contributed by atoms with E-state index in [1.165, 1.54) is 0 Å². The van der Waals surface area contributed by atoms with Gasteiger partial charge in [0, 0.05) is 22.5 Å². The van der Waals surface area contributed by atoms with Gasteiger partial charge in [-0.05, 0) is 44.2 Å². The van der Waals surface area contributed by atoms with E-state index in [1.54, 1.807) is 25.1 Å². The summed E-state index contributed by atoms with van der Waals surface area (Å²) in [5, 5.41) is 6.59. The number of nitrogens with zero attached hydrogens (tertiary/aromatic N) is 2. The third-order valence-electron chi connectivity index (χ3n) is 3.48. The zero-order valence-corrected chi connectivity index (χ0v) is 14.6. The van der Waals surface area contributed by atoms with Crippen molar-refractivity contribution in [1.29, 1.82) is 0 Å². The molecule has 25 heavy (non-hydrogen) atoms. The normalized spacial score (nSPS) is 10.4. The Balaban J connectivity index is 1.80. The Hall–Kier alpha value is -2.92. The molecule has 0 saturated heterocycles. The molecule has 0 saturated carbocycles. The van der Waals surface area contributed by atoms with Crippen molar-refractivity contribution in [3.05, 3.63) is 76.7 Å². The van der Waals surface area contributed by atoms with Gasteiger partial charge in [-0.25, -0.2) is 9.97 Å². The number of hydrogen-bond acceptors (Lipinski definition) is 4. The molecule has 0 spiro atoms. The number of amides is 1. The Bertz CT molecular complexity index is 910. The van der Waals surface area contributed by atoms with Gasteiger partial charge in [-0.3, -0.25) is 4.79 Å². The van der Waals surface area contributed by atoms with Gasteiger partial charge in [-0.15, -0.1) is 0 Å². The lowest BCUT2D eigenvalue weighted by Gasteiger charge is -2.09. The van der Waals surface area contributed by atoms with Crippen LogP contribution in [0, 0.1) is 13.8 Å². The van der Waals surface area contributed by atoms with E-state index < -0.39 is 0 Å². The average molecular weight is 353 g/mol. The van der Waals surface area contributed by atoms with Crippen molar-refractivity contribution < 1.29 is 4.79 Å². The van der Waals surface area contributed by atoms with Crippen LogP contribution in [-0.4, -0.2) is 15.9 Å². The second kappa shape index (κ2) is 7.32. The molecule has 5 nitrogen and oxygen atoms in total. The molecular formula is C19H17ClN4O. The SMILES string of the molecule is Cc1ccc(NC(=O)c2cc(Nc3cccc(Cl)c3)nc(C)n2)cc1. The monoisotopic (exact) mass is 352 g/mol. The first-order valence-corrected chi connectivity index (χ1v) is 8.14. The first-order valence-electron chi connectivity index (χ1n) is 7.76. The third kappa shape index (κ3) is 4.55. The molecule has 0 bridgehead atoms. The fraction of sp³-hybridized carbons (Fsp3) is 0.105. The van der Waals surface area contributed by atoms with Gasteiger partial charge in [0.2, 0.25) is 0 Å². The summed E-state index contributed by atoms with van der Waals surface area (Å²) >= 11 is 5.99. The molecule has 6 heteroatoms. The number of nitrogens with one attached hydrogen (secondary N) is 2. The van der Waals surface area contributed by atoms with Crippen LogP contribution in [0.5, 0.6) is 0 Å². The summed E-state index contributed by atoms with van der Waals surface area (Å²) in [6, 6.07) is 16.5. The van der Waals surface area contributed by atoms with Crippen molar-refractivity contribution >= 4 is 34.7 Å². The van der Waals surface area contributed by atoms with Crippen LogP contribution >= 0.6 is 11.6 Å². The zero-order valence-electron chi connectivity index (χ0n) is 13.9. The van der Waals surface area contributed by atoms with Crippen LogP contribution in [0.25, 0.3) is 0 Å². The third-order valence-corrected chi connectivity index (χ3v) is 3.71. The minimum absolute atomic E-state index is 0.288. The van der Waals surface area contributed by atoms with E-state index in [0.717, 1.165) is 16.9 Å². The summed E-state index contributed by atoms with van der Waals surface area (Å²) in [6.45, 7) is 3.74. The molecule has 2 N–H and O–H groups in total. The number of benzene rings is 2. The predicted octanol–water partition coefficient (Wildman–Crippen LogP) is 4.74. The smallest absolute Gasteiger partial charge is 0.274 e. The molecule has 0 fully saturated rings. The van der Waals surface area contributed by atoms with E-state index in [-0.39, 0.29) is 11.6 Å². The summed E-state index contributed by atoms with van der Waals surface area (Å²) in [5.74, 6) is 0.744. The molecule has 1 amide bonds. The molecule has 3 rings (SSSR count). The minimum Gasteiger partial charge on any atom is -0.340 e. The van der Waals surface area contributed by atoms with Gasteiger partial charge in [0.15, 0.2) is 0 Å². The van der Waals surface area contributed by atoms with Crippen LogP contribution in [0.1, 0.15) is 21.9 Å². The summed E-state index contributed by atoms with van der Waals surface area (Å²) in [6.07, 6.45) is 0. The van der Waals surface area contributed by atoms with Crippen molar-refractivity contribution in [3.8, 4) is 0 Å². The van der Waals surface area contributed by atoms with Gasteiger partial charge in [0.1, 0.15) is 17.3 Å². The van der Waals surface area contributed by atoms with Crippen LogP contribution < -0.4 is 10.6 Å². The summed E-state index contributed by atoms with van der Waals surface area (Å²) in [5.41, 5.74) is 2.92. The highest BCUT2D eigenvalue weighted by Crippen LogP contribution is 2.20. The Morgan fingerprint density at radius 3 is 2.44 bits per heavy atom. The predicted molar refractivity (Wildman–Crippen MR) is 101 cm³/mol. The van der Waals surface area contributed by atoms with Crippen molar-refractivity contribution in [2.75, 3.05) is 10.6 Å². The number of rotatable bonds is 4. The van der Waals surface area contributed by atoms with E-state index in [4.69, 9.17) is 11.6 Å². The maximum atomic E-state index is 12.5. The second-order valence-corrected chi connectivity index (χ2v) is 6.08. The van der Waals surface area contributed by atoms with E-state index in [2.05, 4.69) is 20.6 Å². The fourth-order valence-corrected chi connectivity index (χ4v) is 2.48. The zero-order chi connectivity index (χ0) is 17.8. The Labute approximate surface area is 151 Å². The molecular weight excluding hydrogens is 336 g/mol. The number of aryl methyl sites for hydroxylation is 2. The van der Waals surface area contributed by atoms with Gasteiger partial charge in [0.05, 0.1) is 0 Å². The lowest BCUT2D eigenvalue weighted by Crippen LogP contribution is -2.15. The van der Waals surface area contributed by atoms with Crippen LogP contribution in [0.15, 0.2) is 54.6 Å². The van der Waals surface area contributed by atoms with Crippen molar-refractivity contribution in [1.82, 2.24) is 9.97 Å². The Kier molecular flexibility index (Phi) is 4.95. The van der Waals surface area contributed by atoms with Gasteiger partial charge in [0.25, 0.3) is 5.91 Å². The van der Waals surface area contributed by atoms with Gasteiger partial charge in [-0.2, -0.15) is 0 Å². The quantitative estimate of drug-likeness (QED) is 0.711. The van der Waals surface area contributed by atoms with Gasteiger partial charge in [-0.1, -0.05) is 35.4 Å². The second-order valence-electron chi connectivity index (χ2n) is 5.64. The minimum atomic E-state index is -0.288. The standard InChI is InChI=1S/C19H17ClN4O/c1-12-6-8-15(9-7-12)24-19(25)17-11-18(22-13(2)21-17)23-16-5-3-4-14(20)10-16/h3-11H,1-2H3,(H,24,25)(H,21,22,23). The van der Waals surface area contributed by atoms with Crippen molar-refractivity contribution in [2.45, 2.75) is 13.8 Å². The highest BCUT2D eigenvalue weighted by molar-refractivity contribution is 6.30. The maximum Gasteiger partial charge on any atom is 0.274 e. The topological polar surface area (TPSA) is 66.9 Å². The summed E-state index contributed by atoms with van der Waals surface area (Å²) < 4.78 is 0. The van der Waals surface area contributed by atoms with E-state index in [9.17, 15) is 4.79 Å². The van der Waals surface area contributed by atoms with Crippen LogP contribution in [0.4, 0.5) is 17.2 Å². The molecule has 1 aromatic heterocycles. The first-order chi connectivity index (χ1) is 12.0. The lowest BCUT2D eigenvalue weighted by molar-refractivity contribution is 0.102. The molecule has 3 aromatic rings. The largest absolute Gasteiger partial charge is 0.340 e. The van der Waals surface area contributed by atoms with E-state index >= 15 is 0 Å². The molecule has 0 aliphatic carbocycles. The highest BCUT2D eigenvalue weighted by Gasteiger charge is 2.11. The number of hydrogen-bond donors (Lipinski definition) is 2. The van der Waals surface area contributed by atoms with E-state index in [1.807, 2.05) is 43.3 Å². The Morgan fingerprint density at radius 2 is 1.72 bits per heavy atom. The molecule has 0 aliphatic heterocycles. The number of carbonyl (C=O) groups is 1. The first kappa shape index (κ1) is 16.9. The van der Waals surface area contributed by atoms with Crippen molar-refractivity contribution in [3.63, 3.8) is 0 Å². The van der Waals surface area contributed by atoms with Gasteiger partial charge < -0.3 is 10.6 Å². The number of aromatic nitrogens is 2. The van der Waals surface area contributed by atoms with Gasteiger partial charge >= 0.3 is 0 Å². The van der Waals surface area contributed by atoms with Crippen molar-refractivity contribution in [2.24, 2.45) is 0 Å². The van der Waals surface area contributed by atoms with Crippen LogP contribution in [0.3, 0.4) is 0 Å². The number of halogens is 1. The maximum absolute atomic E-state index is 12.5. The average Bonchev–Trinajstić information content (AvgIpc) is 2.56. The number of anilines is 3. The molecule has 0 atom stereocenters. The summed E-state index contributed by atoms with van der Waals surface area (Å²) in [4.78, 5) is 21.0. The summed E-state index contributed by atoms with van der Waals surface area (Å²) in [7, 11) is 0.